The summed E-state index contributed by atoms with van der Waals surface area (Å²) in [6, 6.07) is 11.3. The number of hydrogen-bond donors (Lipinski definition) is 0. The molecule has 0 aliphatic heterocycles. The Hall–Kier alpha value is -2.47. The second-order valence-electron chi connectivity index (χ2n) is 5.28. The number of carbonyl (C=O) groups is 1. The predicted molar refractivity (Wildman–Crippen MR) is 89.5 cm³/mol. The summed E-state index contributed by atoms with van der Waals surface area (Å²) in [5, 5.41) is 3.90. The van der Waals surface area contributed by atoms with Gasteiger partial charge in [-0.05, 0) is 6.92 Å². The van der Waals surface area contributed by atoms with E-state index in [-0.39, 0.29) is 5.91 Å². The van der Waals surface area contributed by atoms with Gasteiger partial charge in [0.2, 0.25) is 0 Å². The average Bonchev–Trinajstić information content (AvgIpc) is 3.22. The lowest BCUT2D eigenvalue weighted by Gasteiger charge is -2.14. The van der Waals surface area contributed by atoms with Crippen LogP contribution in [0.4, 0.5) is 0 Å². The number of likely N-dealkylation sites (N-methyl/N-ethyl adjacent to an activating group) is 1. The quantitative estimate of drug-likeness (QED) is 0.720. The lowest BCUT2D eigenvalue weighted by Crippen LogP contribution is -2.29. The molecule has 23 heavy (non-hydrogen) atoms. The van der Waals surface area contributed by atoms with Gasteiger partial charge in [-0.3, -0.25) is 4.79 Å². The highest BCUT2D eigenvalue weighted by Gasteiger charge is 2.18. The van der Waals surface area contributed by atoms with Crippen molar-refractivity contribution in [3.05, 3.63) is 58.2 Å². The van der Waals surface area contributed by atoms with Crippen LogP contribution in [0.25, 0.3) is 11.3 Å². The highest BCUT2D eigenvalue weighted by Crippen LogP contribution is 2.20. The lowest BCUT2D eigenvalue weighted by molar-refractivity contribution is 0.0786. The number of aryl methyl sites for hydroxylation is 1. The van der Waals surface area contributed by atoms with Gasteiger partial charge in [0.05, 0.1) is 11.2 Å². The van der Waals surface area contributed by atoms with Crippen molar-refractivity contribution in [1.29, 1.82) is 0 Å². The number of aromatic nitrogens is 2. The number of amides is 1. The molecule has 0 atom stereocenters. The number of rotatable bonds is 5. The van der Waals surface area contributed by atoms with Gasteiger partial charge in [0, 0.05) is 36.5 Å². The molecule has 0 saturated heterocycles. The van der Waals surface area contributed by atoms with Gasteiger partial charge in [-0.1, -0.05) is 35.5 Å². The SMILES string of the molecule is Cc1ncsc1CCN(C)C(=O)c1cc(-c2ccccc2)on1. The van der Waals surface area contributed by atoms with Crippen molar-refractivity contribution in [3.63, 3.8) is 0 Å². The Morgan fingerprint density at radius 3 is 2.78 bits per heavy atom. The van der Waals surface area contributed by atoms with Crippen LogP contribution in [0.2, 0.25) is 0 Å². The predicted octanol–water partition coefficient (Wildman–Crippen LogP) is 3.42. The van der Waals surface area contributed by atoms with Crippen LogP contribution >= 0.6 is 11.3 Å². The molecule has 0 radical (unpaired) electrons. The Balaban J connectivity index is 1.66. The van der Waals surface area contributed by atoms with Gasteiger partial charge < -0.3 is 9.42 Å². The van der Waals surface area contributed by atoms with E-state index in [0.29, 0.717) is 18.0 Å². The molecule has 0 aliphatic carbocycles. The molecule has 0 saturated carbocycles. The van der Waals surface area contributed by atoms with E-state index < -0.39 is 0 Å². The van der Waals surface area contributed by atoms with E-state index in [1.165, 1.54) is 4.88 Å². The van der Waals surface area contributed by atoms with Crippen LogP contribution in [0.5, 0.6) is 0 Å². The third-order valence-corrected chi connectivity index (χ3v) is 4.65. The molecule has 0 aliphatic rings. The molecule has 0 bridgehead atoms. The van der Waals surface area contributed by atoms with Crippen LogP contribution in [0.3, 0.4) is 0 Å². The maximum Gasteiger partial charge on any atom is 0.275 e. The normalized spacial score (nSPS) is 10.7. The molecule has 3 aromatic rings. The van der Waals surface area contributed by atoms with Crippen LogP contribution in [0.1, 0.15) is 21.1 Å². The maximum absolute atomic E-state index is 12.4. The van der Waals surface area contributed by atoms with Crippen molar-refractivity contribution in [3.8, 4) is 11.3 Å². The summed E-state index contributed by atoms with van der Waals surface area (Å²) in [6.07, 6.45) is 0.794. The zero-order valence-corrected chi connectivity index (χ0v) is 13.8. The van der Waals surface area contributed by atoms with Gasteiger partial charge in [-0.15, -0.1) is 11.3 Å². The van der Waals surface area contributed by atoms with Crippen molar-refractivity contribution in [2.75, 3.05) is 13.6 Å². The van der Waals surface area contributed by atoms with Crippen LogP contribution in [-0.4, -0.2) is 34.5 Å². The second kappa shape index (κ2) is 6.75. The van der Waals surface area contributed by atoms with Crippen molar-refractivity contribution >= 4 is 17.2 Å². The molecule has 5 nitrogen and oxygen atoms in total. The molecule has 0 fully saturated rings. The summed E-state index contributed by atoms with van der Waals surface area (Å²) in [7, 11) is 1.77. The molecule has 118 valence electrons. The van der Waals surface area contributed by atoms with E-state index in [1.807, 2.05) is 42.8 Å². The number of nitrogens with zero attached hydrogens (tertiary/aromatic N) is 3. The summed E-state index contributed by atoms with van der Waals surface area (Å²) in [4.78, 5) is 19.5. The highest BCUT2D eigenvalue weighted by molar-refractivity contribution is 7.09. The van der Waals surface area contributed by atoms with Gasteiger partial charge in [0.1, 0.15) is 0 Å². The van der Waals surface area contributed by atoms with Crippen LogP contribution in [0, 0.1) is 6.92 Å². The first-order chi connectivity index (χ1) is 11.1. The van der Waals surface area contributed by atoms with Crippen molar-refractivity contribution in [1.82, 2.24) is 15.0 Å². The Morgan fingerprint density at radius 2 is 2.09 bits per heavy atom. The zero-order valence-electron chi connectivity index (χ0n) is 13.0. The molecular formula is C17H17N3O2S. The van der Waals surface area contributed by atoms with Gasteiger partial charge in [-0.2, -0.15) is 0 Å². The molecule has 1 amide bonds. The minimum atomic E-state index is -0.141. The van der Waals surface area contributed by atoms with Crippen molar-refractivity contribution < 1.29 is 9.32 Å². The summed E-state index contributed by atoms with van der Waals surface area (Å²) in [5.41, 5.74) is 4.09. The topological polar surface area (TPSA) is 59.2 Å². The Bertz CT molecular complexity index is 795. The fourth-order valence-corrected chi connectivity index (χ4v) is 3.02. The molecular weight excluding hydrogens is 310 g/mol. The minimum absolute atomic E-state index is 0.141. The van der Waals surface area contributed by atoms with Gasteiger partial charge in [0.25, 0.3) is 5.91 Å². The smallest absolute Gasteiger partial charge is 0.275 e. The summed E-state index contributed by atoms with van der Waals surface area (Å²) < 4.78 is 5.29. The van der Waals surface area contributed by atoms with Crippen LogP contribution in [-0.2, 0) is 6.42 Å². The van der Waals surface area contributed by atoms with Gasteiger partial charge in [-0.25, -0.2) is 4.98 Å². The third kappa shape index (κ3) is 3.48. The number of carbonyl (C=O) groups excluding carboxylic acids is 1. The number of hydrogen-bond acceptors (Lipinski definition) is 5. The second-order valence-corrected chi connectivity index (χ2v) is 6.22. The molecule has 2 aromatic heterocycles. The third-order valence-electron chi connectivity index (χ3n) is 3.65. The van der Waals surface area contributed by atoms with E-state index in [9.17, 15) is 4.79 Å². The lowest BCUT2D eigenvalue weighted by atomic mass is 10.1. The molecule has 3 rings (SSSR count). The first kappa shape index (κ1) is 15.4. The standard InChI is InChI=1S/C17H17N3O2S/c1-12-16(23-11-18-12)8-9-20(2)17(21)14-10-15(22-19-14)13-6-4-3-5-7-13/h3-7,10-11H,8-9H2,1-2H3. The van der Waals surface area contributed by atoms with E-state index in [2.05, 4.69) is 10.1 Å². The first-order valence-electron chi connectivity index (χ1n) is 7.31. The minimum Gasteiger partial charge on any atom is -0.355 e. The monoisotopic (exact) mass is 327 g/mol. The molecule has 1 aromatic carbocycles. The Kier molecular flexibility index (Phi) is 4.52. The molecule has 0 unspecified atom stereocenters. The summed E-state index contributed by atoms with van der Waals surface area (Å²) in [6.45, 7) is 2.60. The van der Waals surface area contributed by atoms with E-state index in [1.54, 1.807) is 29.4 Å². The number of thiazole rings is 1. The van der Waals surface area contributed by atoms with Gasteiger partial charge in [0.15, 0.2) is 11.5 Å². The first-order valence-corrected chi connectivity index (χ1v) is 8.19. The average molecular weight is 327 g/mol. The number of benzene rings is 1. The molecule has 6 heteroatoms. The summed E-state index contributed by atoms with van der Waals surface area (Å²) in [5.74, 6) is 0.457. The van der Waals surface area contributed by atoms with E-state index >= 15 is 0 Å². The molecule has 2 heterocycles. The van der Waals surface area contributed by atoms with Crippen LogP contribution < -0.4 is 0 Å². The Morgan fingerprint density at radius 1 is 1.30 bits per heavy atom. The highest BCUT2D eigenvalue weighted by atomic mass is 32.1. The zero-order chi connectivity index (χ0) is 16.2. The molecule has 0 N–H and O–H groups in total. The fraction of sp³-hybridized carbons (Fsp3) is 0.235. The molecule has 0 spiro atoms. The fourth-order valence-electron chi connectivity index (χ4n) is 2.25. The summed E-state index contributed by atoms with van der Waals surface area (Å²) >= 11 is 1.62. The largest absolute Gasteiger partial charge is 0.355 e. The van der Waals surface area contributed by atoms with Gasteiger partial charge >= 0.3 is 0 Å². The van der Waals surface area contributed by atoms with Crippen LogP contribution in [0.15, 0.2) is 46.4 Å². The van der Waals surface area contributed by atoms with Crippen molar-refractivity contribution in [2.45, 2.75) is 13.3 Å². The maximum atomic E-state index is 12.4. The van der Waals surface area contributed by atoms with E-state index in [0.717, 1.165) is 17.7 Å². The van der Waals surface area contributed by atoms with Crippen molar-refractivity contribution in [2.24, 2.45) is 0 Å². The van der Waals surface area contributed by atoms with E-state index in [4.69, 9.17) is 4.52 Å². The Labute approximate surface area is 138 Å².